The van der Waals surface area contributed by atoms with E-state index in [0.717, 1.165) is 15.8 Å². The molecule has 0 aliphatic heterocycles. The molecule has 1 amide bonds. The van der Waals surface area contributed by atoms with Gasteiger partial charge in [0.25, 0.3) is 5.91 Å². The Labute approximate surface area is 126 Å². The second kappa shape index (κ2) is 5.96. The lowest BCUT2D eigenvalue weighted by Crippen LogP contribution is -2.17. The fourth-order valence-corrected chi connectivity index (χ4v) is 2.42. The van der Waals surface area contributed by atoms with E-state index in [0.29, 0.717) is 11.3 Å². The summed E-state index contributed by atoms with van der Waals surface area (Å²) in [6.07, 6.45) is 0. The summed E-state index contributed by atoms with van der Waals surface area (Å²) in [6.45, 7) is 2.03. The molecule has 2 rings (SSSR count). The first-order valence-corrected chi connectivity index (χ1v) is 6.95. The van der Waals surface area contributed by atoms with E-state index in [1.165, 1.54) is 5.56 Å². The summed E-state index contributed by atoms with van der Waals surface area (Å²) in [5.74, 6) is -0.153. The van der Waals surface area contributed by atoms with E-state index in [1.54, 1.807) is 25.2 Å². The summed E-state index contributed by atoms with van der Waals surface area (Å²) in [5.41, 5.74) is 9.91. The molecule has 0 saturated carbocycles. The Morgan fingerprint density at radius 2 is 1.85 bits per heavy atom. The predicted octanol–water partition coefficient (Wildman–Crippen LogP) is 3.44. The largest absolute Gasteiger partial charge is 0.397 e. The van der Waals surface area contributed by atoms with Crippen molar-refractivity contribution in [3.8, 4) is 0 Å². The monoisotopic (exact) mass is 333 g/mol. The Kier molecular flexibility index (Phi) is 4.29. The highest BCUT2D eigenvalue weighted by molar-refractivity contribution is 9.10. The van der Waals surface area contributed by atoms with Crippen molar-refractivity contribution in [2.75, 3.05) is 18.1 Å². The minimum absolute atomic E-state index is 0.153. The van der Waals surface area contributed by atoms with Gasteiger partial charge in [-0.2, -0.15) is 0 Å². The molecule has 0 aromatic heterocycles. The van der Waals surface area contributed by atoms with Gasteiger partial charge in [-0.05, 0) is 58.7 Å². The van der Waals surface area contributed by atoms with Crippen LogP contribution in [-0.2, 0) is 0 Å². The van der Waals surface area contributed by atoms with Crippen LogP contribution in [0.15, 0.2) is 40.9 Å². The smallest absolute Gasteiger partial charge is 0.251 e. The van der Waals surface area contributed by atoms with Gasteiger partial charge in [0, 0.05) is 17.1 Å². The fraction of sp³-hybridized carbons (Fsp3) is 0.133. The summed E-state index contributed by atoms with van der Waals surface area (Å²) in [7, 11) is 1.59. The SMILES string of the molecule is CNC(=O)c1ccc(Nc2ccc(C)cc2Br)c(N)c1. The minimum Gasteiger partial charge on any atom is -0.397 e. The number of nitrogens with one attached hydrogen (secondary N) is 2. The Morgan fingerprint density at radius 3 is 2.45 bits per heavy atom. The Morgan fingerprint density at radius 1 is 1.15 bits per heavy atom. The number of halogens is 1. The molecule has 0 atom stereocenters. The highest BCUT2D eigenvalue weighted by atomic mass is 79.9. The molecular formula is C15H16BrN3O. The number of amides is 1. The van der Waals surface area contributed by atoms with E-state index in [-0.39, 0.29) is 5.91 Å². The van der Waals surface area contributed by atoms with Gasteiger partial charge in [0.1, 0.15) is 0 Å². The van der Waals surface area contributed by atoms with Crippen LogP contribution in [0.1, 0.15) is 15.9 Å². The molecule has 2 aromatic carbocycles. The van der Waals surface area contributed by atoms with Crippen LogP contribution < -0.4 is 16.4 Å². The Balaban J connectivity index is 2.28. The van der Waals surface area contributed by atoms with Crippen LogP contribution in [0.5, 0.6) is 0 Å². The van der Waals surface area contributed by atoms with E-state index >= 15 is 0 Å². The molecule has 0 saturated heterocycles. The summed E-state index contributed by atoms with van der Waals surface area (Å²) < 4.78 is 0.965. The predicted molar refractivity (Wildman–Crippen MR) is 86.4 cm³/mol. The number of hydrogen-bond acceptors (Lipinski definition) is 3. The van der Waals surface area contributed by atoms with Crippen LogP contribution in [-0.4, -0.2) is 13.0 Å². The van der Waals surface area contributed by atoms with Crippen molar-refractivity contribution in [1.29, 1.82) is 0 Å². The molecule has 0 fully saturated rings. The number of benzene rings is 2. The number of carbonyl (C=O) groups excluding carboxylic acids is 1. The summed E-state index contributed by atoms with van der Waals surface area (Å²) in [6, 6.07) is 11.2. The van der Waals surface area contributed by atoms with Gasteiger partial charge >= 0.3 is 0 Å². The molecule has 0 bridgehead atoms. The molecule has 20 heavy (non-hydrogen) atoms. The number of hydrogen-bond donors (Lipinski definition) is 3. The van der Waals surface area contributed by atoms with E-state index < -0.39 is 0 Å². The lowest BCUT2D eigenvalue weighted by Gasteiger charge is -2.12. The quantitative estimate of drug-likeness (QED) is 0.753. The van der Waals surface area contributed by atoms with Crippen LogP contribution in [0.25, 0.3) is 0 Å². The number of carbonyl (C=O) groups is 1. The second-order valence-electron chi connectivity index (χ2n) is 4.49. The molecule has 4 nitrogen and oxygen atoms in total. The molecule has 5 heteroatoms. The summed E-state index contributed by atoms with van der Waals surface area (Å²) in [5, 5.41) is 5.82. The lowest BCUT2D eigenvalue weighted by atomic mass is 10.1. The van der Waals surface area contributed by atoms with Crippen LogP contribution in [0.3, 0.4) is 0 Å². The number of nitrogen functional groups attached to an aromatic ring is 1. The second-order valence-corrected chi connectivity index (χ2v) is 5.34. The molecule has 0 aliphatic rings. The maximum Gasteiger partial charge on any atom is 0.251 e. The van der Waals surface area contributed by atoms with Gasteiger partial charge in [-0.15, -0.1) is 0 Å². The molecule has 4 N–H and O–H groups in total. The van der Waals surface area contributed by atoms with Crippen LogP contribution in [0.4, 0.5) is 17.1 Å². The topological polar surface area (TPSA) is 67.2 Å². The zero-order valence-corrected chi connectivity index (χ0v) is 12.9. The lowest BCUT2D eigenvalue weighted by molar-refractivity contribution is 0.0963. The van der Waals surface area contributed by atoms with Gasteiger partial charge in [0.05, 0.1) is 17.1 Å². The average molecular weight is 334 g/mol. The first-order valence-electron chi connectivity index (χ1n) is 6.16. The third-order valence-corrected chi connectivity index (χ3v) is 3.59. The molecule has 0 spiro atoms. The van der Waals surface area contributed by atoms with E-state index in [4.69, 9.17) is 5.73 Å². The van der Waals surface area contributed by atoms with E-state index in [2.05, 4.69) is 26.6 Å². The highest BCUT2D eigenvalue weighted by Gasteiger charge is 2.08. The average Bonchev–Trinajstić information content (AvgIpc) is 2.42. The van der Waals surface area contributed by atoms with E-state index in [9.17, 15) is 4.79 Å². The summed E-state index contributed by atoms with van der Waals surface area (Å²) in [4.78, 5) is 11.5. The highest BCUT2D eigenvalue weighted by Crippen LogP contribution is 2.29. The summed E-state index contributed by atoms with van der Waals surface area (Å²) >= 11 is 3.51. The van der Waals surface area contributed by atoms with Crippen LogP contribution >= 0.6 is 15.9 Å². The fourth-order valence-electron chi connectivity index (χ4n) is 1.83. The third kappa shape index (κ3) is 3.11. The Hall–Kier alpha value is -2.01. The maximum absolute atomic E-state index is 11.5. The Bertz CT molecular complexity index is 656. The van der Waals surface area contributed by atoms with Crippen molar-refractivity contribution in [3.63, 3.8) is 0 Å². The maximum atomic E-state index is 11.5. The van der Waals surface area contributed by atoms with Crippen molar-refractivity contribution in [1.82, 2.24) is 5.32 Å². The molecule has 0 aliphatic carbocycles. The van der Waals surface area contributed by atoms with Crippen molar-refractivity contribution in [2.24, 2.45) is 0 Å². The van der Waals surface area contributed by atoms with Gasteiger partial charge in [-0.3, -0.25) is 4.79 Å². The van der Waals surface area contributed by atoms with Gasteiger partial charge < -0.3 is 16.4 Å². The zero-order valence-electron chi connectivity index (χ0n) is 11.3. The molecule has 0 heterocycles. The first kappa shape index (κ1) is 14.4. The first-order chi connectivity index (χ1) is 9.51. The minimum atomic E-state index is -0.153. The molecule has 0 unspecified atom stereocenters. The standard InChI is InChI=1S/C15H16BrN3O/c1-9-3-5-13(11(16)7-9)19-14-6-4-10(8-12(14)17)15(20)18-2/h3-8,19H,17H2,1-2H3,(H,18,20). The number of anilines is 3. The van der Waals surface area contributed by atoms with Crippen molar-refractivity contribution in [2.45, 2.75) is 6.92 Å². The van der Waals surface area contributed by atoms with Crippen molar-refractivity contribution in [3.05, 3.63) is 52.0 Å². The van der Waals surface area contributed by atoms with Crippen molar-refractivity contribution >= 4 is 38.9 Å². The van der Waals surface area contributed by atoms with Crippen LogP contribution in [0.2, 0.25) is 0 Å². The van der Waals surface area contributed by atoms with Gasteiger partial charge in [-0.1, -0.05) is 6.07 Å². The normalized spacial score (nSPS) is 10.2. The number of aryl methyl sites for hydroxylation is 1. The van der Waals surface area contributed by atoms with Gasteiger partial charge in [0.2, 0.25) is 0 Å². The van der Waals surface area contributed by atoms with Crippen LogP contribution in [0, 0.1) is 6.92 Å². The third-order valence-electron chi connectivity index (χ3n) is 2.93. The molecule has 0 radical (unpaired) electrons. The molecule has 104 valence electrons. The number of nitrogens with two attached hydrogens (primary N) is 1. The zero-order chi connectivity index (χ0) is 14.7. The number of rotatable bonds is 3. The van der Waals surface area contributed by atoms with Gasteiger partial charge in [-0.25, -0.2) is 0 Å². The molecular weight excluding hydrogens is 318 g/mol. The van der Waals surface area contributed by atoms with Gasteiger partial charge in [0.15, 0.2) is 0 Å². The van der Waals surface area contributed by atoms with E-state index in [1.807, 2.05) is 25.1 Å². The van der Waals surface area contributed by atoms with Crippen molar-refractivity contribution < 1.29 is 4.79 Å². The molecule has 2 aromatic rings.